The zero-order valence-corrected chi connectivity index (χ0v) is 13.4. The van der Waals surface area contributed by atoms with Crippen molar-refractivity contribution in [2.24, 2.45) is 0 Å². The third-order valence-electron chi connectivity index (χ3n) is 3.43. The number of nitro groups is 1. The molecule has 2 heterocycles. The molecule has 2 aromatic rings. The summed E-state index contributed by atoms with van der Waals surface area (Å²) in [6.45, 7) is 0.266. The van der Waals surface area contributed by atoms with Crippen molar-refractivity contribution in [1.29, 1.82) is 0 Å². The van der Waals surface area contributed by atoms with Gasteiger partial charge in [-0.05, 0) is 29.2 Å². The first kappa shape index (κ1) is 18.3. The van der Waals surface area contributed by atoms with Crippen molar-refractivity contribution in [3.8, 4) is 11.8 Å². The quantitative estimate of drug-likeness (QED) is 0.613. The van der Waals surface area contributed by atoms with Gasteiger partial charge in [0.15, 0.2) is 0 Å². The van der Waals surface area contributed by atoms with Gasteiger partial charge in [0, 0.05) is 10.7 Å². The van der Waals surface area contributed by atoms with E-state index in [1.807, 2.05) is 0 Å². The van der Waals surface area contributed by atoms with Gasteiger partial charge in [-0.1, -0.05) is 0 Å². The molecule has 0 radical (unpaired) electrons. The highest BCUT2D eigenvalue weighted by Gasteiger charge is 2.31. The molecule has 1 aromatic heterocycles. The smallest absolute Gasteiger partial charge is 0.444 e. The molecule has 0 bridgehead atoms. The molecular formula is C14H12F3N5O5. The predicted molar refractivity (Wildman–Crippen MR) is 83.4 cm³/mol. The first-order valence-corrected chi connectivity index (χ1v) is 7.47. The molecule has 10 nitrogen and oxygen atoms in total. The minimum Gasteiger partial charge on any atom is -0.444 e. The lowest BCUT2D eigenvalue weighted by Gasteiger charge is -2.23. The summed E-state index contributed by atoms with van der Waals surface area (Å²) in [6.07, 6.45) is -3.60. The second-order valence-electron chi connectivity index (χ2n) is 5.47. The van der Waals surface area contributed by atoms with E-state index >= 15 is 0 Å². The lowest BCUT2D eigenvalue weighted by Crippen LogP contribution is -2.46. The van der Waals surface area contributed by atoms with E-state index < -0.39 is 29.1 Å². The number of urea groups is 1. The van der Waals surface area contributed by atoms with Gasteiger partial charge in [-0.2, -0.15) is 0 Å². The summed E-state index contributed by atoms with van der Waals surface area (Å²) in [5.41, 5.74) is 0.248. The molecule has 13 heteroatoms. The average Bonchev–Trinajstić information content (AvgIpc) is 2.99. The number of fused-ring (bicyclic) bond motifs is 1. The Hall–Kier alpha value is -3.51. The van der Waals surface area contributed by atoms with Crippen LogP contribution in [0.4, 0.5) is 29.5 Å². The van der Waals surface area contributed by atoms with Crippen LogP contribution in [0.25, 0.3) is 0 Å². The van der Waals surface area contributed by atoms with Crippen molar-refractivity contribution in [2.45, 2.75) is 18.9 Å². The first-order valence-electron chi connectivity index (χ1n) is 7.47. The van der Waals surface area contributed by atoms with Crippen LogP contribution >= 0.6 is 0 Å². The van der Waals surface area contributed by atoms with Gasteiger partial charge >= 0.3 is 24.2 Å². The number of carbonyl (C=O) groups is 1. The Morgan fingerprint density at radius 1 is 1.37 bits per heavy atom. The number of aromatic nitrogens is 2. The van der Waals surface area contributed by atoms with Gasteiger partial charge in [-0.15, -0.1) is 13.2 Å². The van der Waals surface area contributed by atoms with Crippen LogP contribution in [0, 0.1) is 10.1 Å². The Balaban J connectivity index is 1.54. The molecule has 0 aliphatic carbocycles. The minimum absolute atomic E-state index is 0.0555. The van der Waals surface area contributed by atoms with E-state index in [1.165, 1.54) is 22.9 Å². The van der Waals surface area contributed by atoms with Crippen molar-refractivity contribution >= 4 is 17.5 Å². The fraction of sp³-hybridized carbons (Fsp3) is 0.286. The highest BCUT2D eigenvalue weighted by Crippen LogP contribution is 2.24. The van der Waals surface area contributed by atoms with Gasteiger partial charge in [0.25, 0.3) is 0 Å². The molecule has 27 heavy (non-hydrogen) atoms. The number of halogens is 3. The minimum atomic E-state index is -4.80. The summed E-state index contributed by atoms with van der Waals surface area (Å²) in [6, 6.07) is 3.59. The van der Waals surface area contributed by atoms with Crippen LogP contribution in [0.2, 0.25) is 0 Å². The standard InChI is InChI=1S/C14H12F3N5O5/c15-14(16,17)27-10-3-1-8(2-4-10)18-12(23)19-9-5-21-6-11(22(24)25)20-13(21)26-7-9/h1-4,6,9H,5,7H2,(H2,18,19,23)/t9-/m1/s1. The Morgan fingerprint density at radius 3 is 2.70 bits per heavy atom. The second-order valence-corrected chi connectivity index (χ2v) is 5.47. The molecule has 0 unspecified atom stereocenters. The van der Waals surface area contributed by atoms with Crippen LogP contribution in [0.15, 0.2) is 30.5 Å². The van der Waals surface area contributed by atoms with Gasteiger partial charge in [0.05, 0.1) is 12.6 Å². The Bertz CT molecular complexity index is 852. The molecule has 2 amide bonds. The molecule has 3 rings (SSSR count). The fourth-order valence-electron chi connectivity index (χ4n) is 2.36. The van der Waals surface area contributed by atoms with Crippen molar-refractivity contribution in [3.05, 3.63) is 40.6 Å². The topological polar surface area (TPSA) is 121 Å². The van der Waals surface area contributed by atoms with Crippen molar-refractivity contribution in [2.75, 3.05) is 11.9 Å². The van der Waals surface area contributed by atoms with E-state index in [1.54, 1.807) is 0 Å². The second kappa shape index (κ2) is 7.01. The number of amides is 2. The van der Waals surface area contributed by atoms with E-state index in [2.05, 4.69) is 20.4 Å². The van der Waals surface area contributed by atoms with Crippen molar-refractivity contribution < 1.29 is 32.4 Å². The summed E-state index contributed by atoms with van der Waals surface area (Å²) in [7, 11) is 0. The van der Waals surface area contributed by atoms with Gasteiger partial charge < -0.3 is 30.2 Å². The fourth-order valence-corrected chi connectivity index (χ4v) is 2.36. The summed E-state index contributed by atoms with van der Waals surface area (Å²) in [5, 5.41) is 15.8. The number of carbonyl (C=O) groups excluding carboxylic acids is 1. The molecule has 0 fully saturated rings. The van der Waals surface area contributed by atoms with Crippen molar-refractivity contribution in [3.63, 3.8) is 0 Å². The van der Waals surface area contributed by atoms with Gasteiger partial charge in [0.2, 0.25) is 0 Å². The molecule has 1 aliphatic rings. The maximum absolute atomic E-state index is 12.1. The average molecular weight is 387 g/mol. The summed E-state index contributed by atoms with van der Waals surface area (Å²) in [4.78, 5) is 25.7. The number of imidazole rings is 1. The Morgan fingerprint density at radius 2 is 2.07 bits per heavy atom. The molecule has 0 saturated heterocycles. The maximum atomic E-state index is 12.1. The number of alkyl halides is 3. The van der Waals surface area contributed by atoms with Crippen LogP contribution in [0.5, 0.6) is 11.8 Å². The molecule has 1 aromatic carbocycles. The van der Waals surface area contributed by atoms with Crippen LogP contribution in [-0.4, -0.2) is 39.5 Å². The number of anilines is 1. The lowest BCUT2D eigenvalue weighted by molar-refractivity contribution is -0.389. The number of nitrogens with one attached hydrogen (secondary N) is 2. The summed E-state index contributed by atoms with van der Waals surface area (Å²) < 4.78 is 46.7. The number of ether oxygens (including phenoxy) is 2. The van der Waals surface area contributed by atoms with Crippen LogP contribution in [0.1, 0.15) is 0 Å². The molecule has 2 N–H and O–H groups in total. The molecule has 1 atom stereocenters. The molecule has 144 valence electrons. The van der Waals surface area contributed by atoms with Gasteiger partial charge in [0.1, 0.15) is 18.6 Å². The summed E-state index contributed by atoms with van der Waals surface area (Å²) >= 11 is 0. The van der Waals surface area contributed by atoms with E-state index in [4.69, 9.17) is 4.74 Å². The maximum Gasteiger partial charge on any atom is 0.573 e. The summed E-state index contributed by atoms with van der Waals surface area (Å²) in [5.74, 6) is -0.778. The monoisotopic (exact) mass is 387 g/mol. The number of rotatable bonds is 4. The van der Waals surface area contributed by atoms with Crippen LogP contribution in [0.3, 0.4) is 0 Å². The predicted octanol–water partition coefficient (Wildman–Crippen LogP) is 2.27. The number of nitrogens with zero attached hydrogens (tertiary/aromatic N) is 3. The highest BCUT2D eigenvalue weighted by molar-refractivity contribution is 5.89. The van der Waals surface area contributed by atoms with Gasteiger partial charge in [-0.25, -0.2) is 4.79 Å². The van der Waals surface area contributed by atoms with Crippen molar-refractivity contribution in [1.82, 2.24) is 14.9 Å². The number of benzene rings is 1. The van der Waals surface area contributed by atoms with E-state index in [-0.39, 0.29) is 30.7 Å². The SMILES string of the molecule is O=C(Nc1ccc(OC(F)(F)F)cc1)N[C@H]1COc2nc([N+](=O)[O-])cn2C1. The van der Waals surface area contributed by atoms with Crippen LogP contribution in [-0.2, 0) is 6.54 Å². The molecule has 1 aliphatic heterocycles. The third kappa shape index (κ3) is 4.77. The van der Waals surface area contributed by atoms with E-state index in [9.17, 15) is 28.1 Å². The Kier molecular flexibility index (Phi) is 4.75. The number of hydrogen-bond donors (Lipinski definition) is 2. The Labute approximate surface area is 149 Å². The molecular weight excluding hydrogens is 375 g/mol. The highest BCUT2D eigenvalue weighted by atomic mass is 19.4. The van der Waals surface area contributed by atoms with Crippen LogP contribution < -0.4 is 20.1 Å². The zero-order chi connectivity index (χ0) is 19.6. The normalized spacial score (nSPS) is 16.0. The lowest BCUT2D eigenvalue weighted by atomic mass is 10.3. The zero-order valence-electron chi connectivity index (χ0n) is 13.4. The molecule has 0 spiro atoms. The van der Waals surface area contributed by atoms with Gasteiger partial charge in [-0.3, -0.25) is 4.57 Å². The molecule has 0 saturated carbocycles. The first-order chi connectivity index (χ1) is 12.7. The van der Waals surface area contributed by atoms with E-state index in [0.717, 1.165) is 12.1 Å². The third-order valence-corrected chi connectivity index (χ3v) is 3.43. The largest absolute Gasteiger partial charge is 0.573 e. The van der Waals surface area contributed by atoms with E-state index in [0.29, 0.717) is 0 Å². The number of hydrogen-bond acceptors (Lipinski definition) is 6.